The first-order valence-electron chi connectivity index (χ1n) is 5.83. The Morgan fingerprint density at radius 1 is 1.31 bits per heavy atom. The van der Waals surface area contributed by atoms with Gasteiger partial charge in [0, 0.05) is 25.2 Å². The Bertz CT molecular complexity index is 352. The van der Waals surface area contributed by atoms with Crippen LogP contribution in [0.3, 0.4) is 0 Å². The van der Waals surface area contributed by atoms with Crippen molar-refractivity contribution in [3.8, 4) is 6.07 Å². The minimum Gasteiger partial charge on any atom is -0.338 e. The minimum atomic E-state index is -0.661. The number of carbonyl (C=O) groups excluding carboxylic acids is 1. The molecule has 0 bridgehead atoms. The van der Waals surface area contributed by atoms with Gasteiger partial charge in [0.2, 0.25) is 5.91 Å². The third-order valence-corrected chi connectivity index (χ3v) is 3.98. The molecule has 1 saturated heterocycles. The lowest BCUT2D eigenvalue weighted by Gasteiger charge is -2.45. The monoisotopic (exact) mass is 221 g/mol. The van der Waals surface area contributed by atoms with E-state index in [9.17, 15) is 4.79 Å². The fourth-order valence-electron chi connectivity index (χ4n) is 2.21. The molecule has 0 spiro atoms. The Labute approximate surface area is 96.8 Å². The van der Waals surface area contributed by atoms with Crippen LogP contribution in [0.25, 0.3) is 0 Å². The van der Waals surface area contributed by atoms with Crippen LogP contribution >= 0.6 is 0 Å². The standard InChI is InChI=1S/C12H19N3O/c1-11(2)9-15(7-6-14(11)3)10(16)12(8-13)4-5-12/h4-7,9H2,1-3H3. The molecule has 0 aromatic rings. The highest BCUT2D eigenvalue weighted by Crippen LogP contribution is 2.46. The quantitative estimate of drug-likeness (QED) is 0.659. The van der Waals surface area contributed by atoms with Gasteiger partial charge in [-0.3, -0.25) is 9.69 Å². The number of hydrogen-bond donors (Lipinski definition) is 0. The highest BCUT2D eigenvalue weighted by Gasteiger charge is 2.53. The molecule has 4 heteroatoms. The average Bonchev–Trinajstić information content (AvgIpc) is 3.02. The summed E-state index contributed by atoms with van der Waals surface area (Å²) in [6.45, 7) is 6.64. The van der Waals surface area contributed by atoms with Gasteiger partial charge in [0.05, 0.1) is 6.07 Å². The molecule has 0 radical (unpaired) electrons. The van der Waals surface area contributed by atoms with Crippen molar-refractivity contribution < 1.29 is 4.79 Å². The highest BCUT2D eigenvalue weighted by molar-refractivity contribution is 5.88. The van der Waals surface area contributed by atoms with E-state index in [0.29, 0.717) is 0 Å². The van der Waals surface area contributed by atoms with Crippen LogP contribution in [-0.4, -0.2) is 47.9 Å². The Hall–Kier alpha value is -1.08. The van der Waals surface area contributed by atoms with Crippen LogP contribution in [0, 0.1) is 16.7 Å². The van der Waals surface area contributed by atoms with E-state index in [2.05, 4.69) is 31.9 Å². The molecule has 1 aliphatic heterocycles. The maximum Gasteiger partial charge on any atom is 0.243 e. The zero-order chi connectivity index (χ0) is 12.0. The van der Waals surface area contributed by atoms with E-state index in [4.69, 9.17) is 5.26 Å². The molecule has 1 heterocycles. The Morgan fingerprint density at radius 2 is 1.94 bits per heavy atom. The highest BCUT2D eigenvalue weighted by atomic mass is 16.2. The van der Waals surface area contributed by atoms with Crippen molar-refractivity contribution >= 4 is 5.91 Å². The SMILES string of the molecule is CN1CCN(C(=O)C2(C#N)CC2)CC1(C)C. The summed E-state index contributed by atoms with van der Waals surface area (Å²) in [5.41, 5.74) is -0.647. The molecule has 0 aromatic carbocycles. The Balaban J connectivity index is 2.08. The van der Waals surface area contributed by atoms with Crippen molar-refractivity contribution in [3.05, 3.63) is 0 Å². The van der Waals surface area contributed by atoms with Crippen LogP contribution in [-0.2, 0) is 4.79 Å². The van der Waals surface area contributed by atoms with Gasteiger partial charge in [0.15, 0.2) is 0 Å². The molecular weight excluding hydrogens is 202 g/mol. The first-order valence-corrected chi connectivity index (χ1v) is 5.83. The molecule has 1 aliphatic carbocycles. The fourth-order valence-corrected chi connectivity index (χ4v) is 2.21. The molecule has 0 unspecified atom stereocenters. The van der Waals surface area contributed by atoms with Crippen LogP contribution in [0.1, 0.15) is 26.7 Å². The molecule has 2 fully saturated rings. The fraction of sp³-hybridized carbons (Fsp3) is 0.833. The molecule has 0 N–H and O–H groups in total. The van der Waals surface area contributed by atoms with Gasteiger partial charge in [-0.1, -0.05) is 0 Å². The smallest absolute Gasteiger partial charge is 0.243 e. The summed E-state index contributed by atoms with van der Waals surface area (Å²) in [6.07, 6.45) is 1.49. The Kier molecular flexibility index (Phi) is 2.47. The number of likely N-dealkylation sites (N-methyl/N-ethyl adjacent to an activating group) is 1. The molecular formula is C12H19N3O. The number of rotatable bonds is 1. The van der Waals surface area contributed by atoms with E-state index in [1.165, 1.54) is 0 Å². The topological polar surface area (TPSA) is 47.3 Å². The van der Waals surface area contributed by atoms with Gasteiger partial charge in [-0.2, -0.15) is 5.26 Å². The van der Waals surface area contributed by atoms with Gasteiger partial charge < -0.3 is 4.90 Å². The first kappa shape index (κ1) is 11.4. The summed E-state index contributed by atoms with van der Waals surface area (Å²) in [5.74, 6) is 0.0520. The summed E-state index contributed by atoms with van der Waals surface area (Å²) in [5, 5.41) is 9.03. The number of piperazine rings is 1. The van der Waals surface area contributed by atoms with Crippen LogP contribution < -0.4 is 0 Å². The second-order valence-corrected chi connectivity index (χ2v) is 5.65. The second kappa shape index (κ2) is 3.46. The third kappa shape index (κ3) is 1.69. The summed E-state index contributed by atoms with van der Waals surface area (Å²) < 4.78 is 0. The van der Waals surface area contributed by atoms with Crippen molar-refractivity contribution in [3.63, 3.8) is 0 Å². The van der Waals surface area contributed by atoms with E-state index in [0.717, 1.165) is 32.5 Å². The number of carbonyl (C=O) groups is 1. The normalized spacial score (nSPS) is 27.2. The largest absolute Gasteiger partial charge is 0.338 e. The second-order valence-electron chi connectivity index (χ2n) is 5.65. The van der Waals surface area contributed by atoms with Crippen molar-refractivity contribution in [1.82, 2.24) is 9.80 Å². The lowest BCUT2D eigenvalue weighted by atomic mass is 9.97. The van der Waals surface area contributed by atoms with Crippen molar-refractivity contribution in [2.45, 2.75) is 32.2 Å². The molecule has 88 valence electrons. The first-order chi connectivity index (χ1) is 7.41. The zero-order valence-electron chi connectivity index (χ0n) is 10.3. The van der Waals surface area contributed by atoms with Gasteiger partial charge in [0.25, 0.3) is 0 Å². The molecule has 4 nitrogen and oxygen atoms in total. The molecule has 1 amide bonds. The summed E-state index contributed by atoms with van der Waals surface area (Å²) in [7, 11) is 2.08. The number of nitriles is 1. The van der Waals surface area contributed by atoms with Crippen LogP contribution in [0.5, 0.6) is 0 Å². The number of nitrogens with zero attached hydrogens (tertiary/aromatic N) is 3. The summed E-state index contributed by atoms with van der Waals surface area (Å²) in [6, 6.07) is 2.18. The molecule has 1 saturated carbocycles. The minimum absolute atomic E-state index is 0.0133. The molecule has 16 heavy (non-hydrogen) atoms. The van der Waals surface area contributed by atoms with Gasteiger partial charge in [-0.25, -0.2) is 0 Å². The lowest BCUT2D eigenvalue weighted by Crippen LogP contribution is -2.59. The lowest BCUT2D eigenvalue weighted by molar-refractivity contribution is -0.139. The predicted molar refractivity (Wildman–Crippen MR) is 60.6 cm³/mol. The van der Waals surface area contributed by atoms with Gasteiger partial charge in [-0.15, -0.1) is 0 Å². The maximum atomic E-state index is 12.2. The number of amides is 1. The van der Waals surface area contributed by atoms with Crippen molar-refractivity contribution in [2.75, 3.05) is 26.7 Å². The van der Waals surface area contributed by atoms with Gasteiger partial charge in [0.1, 0.15) is 5.41 Å². The van der Waals surface area contributed by atoms with Crippen LogP contribution in [0.2, 0.25) is 0 Å². The molecule has 0 aromatic heterocycles. The molecule has 2 rings (SSSR count). The summed E-state index contributed by atoms with van der Waals surface area (Å²) in [4.78, 5) is 16.3. The van der Waals surface area contributed by atoms with Crippen molar-refractivity contribution in [1.29, 1.82) is 5.26 Å². The van der Waals surface area contributed by atoms with Crippen LogP contribution in [0.15, 0.2) is 0 Å². The molecule has 0 atom stereocenters. The van der Waals surface area contributed by atoms with E-state index in [1.54, 1.807) is 0 Å². The maximum absolute atomic E-state index is 12.2. The third-order valence-electron chi connectivity index (χ3n) is 3.98. The van der Waals surface area contributed by atoms with Crippen LogP contribution in [0.4, 0.5) is 0 Å². The number of hydrogen-bond acceptors (Lipinski definition) is 3. The van der Waals surface area contributed by atoms with E-state index in [-0.39, 0.29) is 11.4 Å². The van der Waals surface area contributed by atoms with E-state index < -0.39 is 5.41 Å². The van der Waals surface area contributed by atoms with E-state index >= 15 is 0 Å². The van der Waals surface area contributed by atoms with Gasteiger partial charge in [-0.05, 0) is 33.7 Å². The van der Waals surface area contributed by atoms with Gasteiger partial charge >= 0.3 is 0 Å². The zero-order valence-corrected chi connectivity index (χ0v) is 10.3. The predicted octanol–water partition coefficient (Wildman–Crippen LogP) is 0.843. The Morgan fingerprint density at radius 3 is 2.38 bits per heavy atom. The van der Waals surface area contributed by atoms with Crippen molar-refractivity contribution in [2.24, 2.45) is 5.41 Å². The summed E-state index contributed by atoms with van der Waals surface area (Å²) >= 11 is 0. The average molecular weight is 221 g/mol. The van der Waals surface area contributed by atoms with E-state index in [1.807, 2.05) is 4.90 Å². The molecule has 2 aliphatic rings.